The van der Waals surface area contributed by atoms with E-state index in [9.17, 15) is 9.59 Å². The standard InChI is InChI=1S/C25H33N3O3/c1-27(2)22-14-13-20(26-24(29)18-8-6-9-18)16-19(22)17-28(21-10-4-3-5-11-21)25(30)23-12-7-15-31-23/h7,12-16,18,21H,3-6,8-11,17H2,1-2H3,(H,26,29). The summed E-state index contributed by atoms with van der Waals surface area (Å²) in [6.07, 6.45) is 10.2. The van der Waals surface area contributed by atoms with Crippen LogP contribution in [0.2, 0.25) is 0 Å². The third-order valence-corrected chi connectivity index (χ3v) is 6.65. The lowest BCUT2D eigenvalue weighted by atomic mass is 9.85. The Hall–Kier alpha value is -2.76. The number of nitrogens with one attached hydrogen (secondary N) is 1. The maximum Gasteiger partial charge on any atom is 0.290 e. The van der Waals surface area contributed by atoms with Crippen LogP contribution in [0.15, 0.2) is 41.0 Å². The quantitative estimate of drug-likeness (QED) is 0.676. The lowest BCUT2D eigenvalue weighted by molar-refractivity contribution is -0.122. The van der Waals surface area contributed by atoms with Crippen molar-refractivity contribution >= 4 is 23.2 Å². The van der Waals surface area contributed by atoms with Crippen molar-refractivity contribution in [3.05, 3.63) is 47.9 Å². The highest BCUT2D eigenvalue weighted by atomic mass is 16.3. The van der Waals surface area contributed by atoms with Crippen molar-refractivity contribution in [2.24, 2.45) is 5.92 Å². The van der Waals surface area contributed by atoms with E-state index in [1.54, 1.807) is 18.4 Å². The second kappa shape index (κ2) is 9.58. The van der Waals surface area contributed by atoms with Crippen LogP contribution in [-0.2, 0) is 11.3 Å². The van der Waals surface area contributed by atoms with Crippen molar-refractivity contribution in [1.29, 1.82) is 0 Å². The molecule has 0 unspecified atom stereocenters. The molecule has 2 saturated carbocycles. The SMILES string of the molecule is CN(C)c1ccc(NC(=O)C2CCC2)cc1CN(C(=O)c1ccco1)C1CCCCC1. The maximum atomic E-state index is 13.3. The smallest absolute Gasteiger partial charge is 0.290 e. The number of carbonyl (C=O) groups excluding carboxylic acids is 2. The van der Waals surface area contributed by atoms with Crippen LogP contribution in [-0.4, -0.2) is 36.9 Å². The molecule has 0 radical (unpaired) electrons. The number of nitrogens with zero attached hydrogens (tertiary/aromatic N) is 2. The van der Waals surface area contributed by atoms with Crippen LogP contribution in [0.1, 0.15) is 67.5 Å². The third kappa shape index (κ3) is 4.94. The predicted octanol–water partition coefficient (Wildman–Crippen LogP) is 5.06. The molecule has 6 heteroatoms. The van der Waals surface area contributed by atoms with Crippen LogP contribution in [0.4, 0.5) is 11.4 Å². The van der Waals surface area contributed by atoms with Crippen molar-refractivity contribution in [3.8, 4) is 0 Å². The minimum Gasteiger partial charge on any atom is -0.459 e. The fourth-order valence-corrected chi connectivity index (χ4v) is 4.63. The first-order valence-electron chi connectivity index (χ1n) is 11.5. The summed E-state index contributed by atoms with van der Waals surface area (Å²) in [6, 6.07) is 9.71. The highest BCUT2D eigenvalue weighted by Gasteiger charge is 2.29. The molecule has 0 atom stereocenters. The predicted molar refractivity (Wildman–Crippen MR) is 122 cm³/mol. The number of anilines is 2. The van der Waals surface area contributed by atoms with Crippen LogP contribution in [0.5, 0.6) is 0 Å². The van der Waals surface area contributed by atoms with Gasteiger partial charge in [-0.2, -0.15) is 0 Å². The zero-order valence-electron chi connectivity index (χ0n) is 18.6. The molecule has 2 fully saturated rings. The minimum absolute atomic E-state index is 0.0643. The van der Waals surface area contributed by atoms with E-state index < -0.39 is 0 Å². The van der Waals surface area contributed by atoms with Crippen molar-refractivity contribution in [2.75, 3.05) is 24.3 Å². The number of benzene rings is 1. The number of amides is 2. The van der Waals surface area contributed by atoms with Gasteiger partial charge in [-0.1, -0.05) is 25.7 Å². The summed E-state index contributed by atoms with van der Waals surface area (Å²) in [5.74, 6) is 0.554. The number of hydrogen-bond acceptors (Lipinski definition) is 4. The average molecular weight is 424 g/mol. The summed E-state index contributed by atoms with van der Waals surface area (Å²) in [6.45, 7) is 0.491. The van der Waals surface area contributed by atoms with E-state index in [1.165, 1.54) is 6.42 Å². The summed E-state index contributed by atoms with van der Waals surface area (Å²) >= 11 is 0. The molecule has 31 heavy (non-hydrogen) atoms. The summed E-state index contributed by atoms with van der Waals surface area (Å²) in [7, 11) is 4.01. The Morgan fingerprint density at radius 1 is 1.03 bits per heavy atom. The molecule has 0 aliphatic heterocycles. The Morgan fingerprint density at radius 3 is 2.42 bits per heavy atom. The van der Waals surface area contributed by atoms with Gasteiger partial charge in [0.25, 0.3) is 5.91 Å². The van der Waals surface area contributed by atoms with E-state index >= 15 is 0 Å². The molecule has 4 rings (SSSR count). The van der Waals surface area contributed by atoms with Crippen LogP contribution in [0.3, 0.4) is 0 Å². The fraction of sp³-hybridized carbons (Fsp3) is 0.520. The zero-order chi connectivity index (χ0) is 21.8. The molecule has 2 amide bonds. The zero-order valence-corrected chi connectivity index (χ0v) is 18.6. The molecule has 2 aliphatic rings. The normalized spacial score (nSPS) is 17.1. The van der Waals surface area contributed by atoms with Crippen molar-refractivity contribution in [3.63, 3.8) is 0 Å². The van der Waals surface area contributed by atoms with Gasteiger partial charge in [-0.05, 0) is 61.6 Å². The highest BCUT2D eigenvalue weighted by Crippen LogP contribution is 2.31. The van der Waals surface area contributed by atoms with Gasteiger partial charge in [-0.3, -0.25) is 9.59 Å². The average Bonchev–Trinajstić information content (AvgIpc) is 3.25. The van der Waals surface area contributed by atoms with Gasteiger partial charge in [0, 0.05) is 44.0 Å². The molecule has 166 valence electrons. The Labute approximate surface area is 184 Å². The van der Waals surface area contributed by atoms with Gasteiger partial charge in [0.15, 0.2) is 5.76 Å². The van der Waals surface area contributed by atoms with Crippen molar-refractivity contribution in [1.82, 2.24) is 4.90 Å². The van der Waals surface area contributed by atoms with E-state index in [1.807, 2.05) is 37.2 Å². The van der Waals surface area contributed by atoms with E-state index in [4.69, 9.17) is 4.42 Å². The summed E-state index contributed by atoms with van der Waals surface area (Å²) in [5.41, 5.74) is 2.88. The van der Waals surface area contributed by atoms with Crippen molar-refractivity contribution in [2.45, 2.75) is 64.0 Å². The monoisotopic (exact) mass is 423 g/mol. The highest BCUT2D eigenvalue weighted by molar-refractivity contribution is 5.94. The second-order valence-corrected chi connectivity index (χ2v) is 9.06. The third-order valence-electron chi connectivity index (χ3n) is 6.65. The van der Waals surface area contributed by atoms with E-state index in [-0.39, 0.29) is 23.8 Å². The topological polar surface area (TPSA) is 65.8 Å². The molecule has 2 aliphatic carbocycles. The van der Waals surface area contributed by atoms with E-state index in [2.05, 4.69) is 10.2 Å². The van der Waals surface area contributed by atoms with Gasteiger partial charge in [0.05, 0.1) is 6.26 Å². The Balaban J connectivity index is 1.61. The first kappa shape index (κ1) is 21.5. The van der Waals surface area contributed by atoms with Crippen LogP contribution in [0.25, 0.3) is 0 Å². The molecule has 6 nitrogen and oxygen atoms in total. The van der Waals surface area contributed by atoms with E-state index in [0.29, 0.717) is 12.3 Å². The van der Waals surface area contributed by atoms with Gasteiger partial charge in [0.2, 0.25) is 5.91 Å². The van der Waals surface area contributed by atoms with Gasteiger partial charge >= 0.3 is 0 Å². The largest absolute Gasteiger partial charge is 0.459 e. The molecule has 1 heterocycles. The first-order valence-corrected chi connectivity index (χ1v) is 11.5. The van der Waals surface area contributed by atoms with E-state index in [0.717, 1.165) is 61.9 Å². The molecular formula is C25H33N3O3. The van der Waals surface area contributed by atoms with Crippen LogP contribution >= 0.6 is 0 Å². The summed E-state index contributed by atoms with van der Waals surface area (Å²) in [5, 5.41) is 3.08. The lowest BCUT2D eigenvalue weighted by Gasteiger charge is -2.35. The molecule has 0 spiro atoms. The lowest BCUT2D eigenvalue weighted by Crippen LogP contribution is -2.41. The van der Waals surface area contributed by atoms with Gasteiger partial charge in [-0.15, -0.1) is 0 Å². The molecule has 2 aromatic rings. The number of rotatable bonds is 7. The Morgan fingerprint density at radius 2 is 1.81 bits per heavy atom. The van der Waals surface area contributed by atoms with Gasteiger partial charge < -0.3 is 19.5 Å². The summed E-state index contributed by atoms with van der Waals surface area (Å²) in [4.78, 5) is 29.8. The minimum atomic E-state index is -0.0643. The maximum absolute atomic E-state index is 13.3. The molecule has 0 bridgehead atoms. The first-order chi connectivity index (χ1) is 15.0. The van der Waals surface area contributed by atoms with Gasteiger partial charge in [0.1, 0.15) is 0 Å². The van der Waals surface area contributed by atoms with Crippen LogP contribution < -0.4 is 10.2 Å². The molecule has 0 saturated heterocycles. The van der Waals surface area contributed by atoms with Crippen molar-refractivity contribution < 1.29 is 14.0 Å². The number of hydrogen-bond donors (Lipinski definition) is 1. The number of furan rings is 1. The van der Waals surface area contributed by atoms with Crippen LogP contribution in [0, 0.1) is 5.92 Å². The molecule has 1 N–H and O–H groups in total. The Kier molecular flexibility index (Phi) is 6.64. The fourth-order valence-electron chi connectivity index (χ4n) is 4.63. The van der Waals surface area contributed by atoms with Gasteiger partial charge in [-0.25, -0.2) is 0 Å². The second-order valence-electron chi connectivity index (χ2n) is 9.06. The summed E-state index contributed by atoms with van der Waals surface area (Å²) < 4.78 is 5.45. The molecule has 1 aromatic heterocycles. The molecule has 1 aromatic carbocycles. The number of carbonyl (C=O) groups is 2. The Bertz CT molecular complexity index is 897. The molecular weight excluding hydrogens is 390 g/mol.